The van der Waals surface area contributed by atoms with Gasteiger partial charge < -0.3 is 10.5 Å². The molecule has 0 aliphatic carbocycles. The summed E-state index contributed by atoms with van der Waals surface area (Å²) in [7, 11) is 0. The Morgan fingerprint density at radius 3 is 2.75 bits per heavy atom. The summed E-state index contributed by atoms with van der Waals surface area (Å²) in [6.07, 6.45) is 4.23. The molecule has 3 heteroatoms. The van der Waals surface area contributed by atoms with Gasteiger partial charge in [-0.2, -0.15) is 0 Å². The van der Waals surface area contributed by atoms with Crippen LogP contribution in [0.15, 0.2) is 48.8 Å². The Balaban J connectivity index is 2.21. The van der Waals surface area contributed by atoms with E-state index < -0.39 is 0 Å². The van der Waals surface area contributed by atoms with Gasteiger partial charge in [0.1, 0.15) is 11.5 Å². The highest BCUT2D eigenvalue weighted by Gasteiger charge is 2.02. The Kier molecular flexibility index (Phi) is 3.51. The third-order valence-corrected chi connectivity index (χ3v) is 2.25. The summed E-state index contributed by atoms with van der Waals surface area (Å²) < 4.78 is 5.74. The lowest BCUT2D eigenvalue weighted by Crippen LogP contribution is -2.03. The van der Waals surface area contributed by atoms with Gasteiger partial charge in [-0.3, -0.25) is 4.98 Å². The van der Waals surface area contributed by atoms with Crippen LogP contribution in [0.5, 0.6) is 11.5 Å². The molecule has 16 heavy (non-hydrogen) atoms. The molecule has 0 aliphatic heterocycles. The van der Waals surface area contributed by atoms with Crippen LogP contribution in [0.25, 0.3) is 0 Å². The van der Waals surface area contributed by atoms with Crippen molar-refractivity contribution in [3.8, 4) is 11.5 Å². The van der Waals surface area contributed by atoms with Gasteiger partial charge in [0.25, 0.3) is 0 Å². The number of rotatable bonds is 4. The number of hydrogen-bond donors (Lipinski definition) is 1. The van der Waals surface area contributed by atoms with Gasteiger partial charge >= 0.3 is 0 Å². The molecule has 2 rings (SSSR count). The lowest BCUT2D eigenvalue weighted by molar-refractivity contribution is 0.474. The van der Waals surface area contributed by atoms with Gasteiger partial charge in [-0.1, -0.05) is 18.2 Å². The fraction of sp³-hybridized carbons (Fsp3) is 0.154. The summed E-state index contributed by atoms with van der Waals surface area (Å²) in [5.41, 5.74) is 6.67. The molecule has 0 unspecified atom stereocenters. The second kappa shape index (κ2) is 5.28. The molecule has 0 spiro atoms. The van der Waals surface area contributed by atoms with Gasteiger partial charge in [-0.05, 0) is 36.7 Å². The number of aromatic nitrogens is 1. The maximum absolute atomic E-state index is 5.74. The van der Waals surface area contributed by atoms with Gasteiger partial charge in [0.15, 0.2) is 0 Å². The zero-order chi connectivity index (χ0) is 11.2. The van der Waals surface area contributed by atoms with Crippen LogP contribution >= 0.6 is 0 Å². The van der Waals surface area contributed by atoms with E-state index in [0.717, 1.165) is 23.5 Å². The molecule has 0 saturated heterocycles. The molecular weight excluding hydrogens is 200 g/mol. The van der Waals surface area contributed by atoms with Crippen molar-refractivity contribution in [2.24, 2.45) is 5.73 Å². The average Bonchev–Trinajstić information content (AvgIpc) is 2.33. The summed E-state index contributed by atoms with van der Waals surface area (Å²) in [5, 5.41) is 0. The minimum absolute atomic E-state index is 0.618. The maximum Gasteiger partial charge on any atom is 0.145 e. The fourth-order valence-electron chi connectivity index (χ4n) is 1.50. The Morgan fingerprint density at radius 1 is 1.12 bits per heavy atom. The van der Waals surface area contributed by atoms with E-state index >= 15 is 0 Å². The minimum Gasteiger partial charge on any atom is -0.455 e. The molecule has 82 valence electrons. The molecule has 1 heterocycles. The molecule has 0 aliphatic rings. The molecule has 1 aromatic carbocycles. The molecule has 3 nitrogen and oxygen atoms in total. The number of para-hydroxylation sites is 1. The van der Waals surface area contributed by atoms with Crippen molar-refractivity contribution >= 4 is 0 Å². The molecule has 0 atom stereocenters. The van der Waals surface area contributed by atoms with Crippen LogP contribution < -0.4 is 10.5 Å². The predicted molar refractivity (Wildman–Crippen MR) is 63.5 cm³/mol. The third kappa shape index (κ3) is 2.58. The average molecular weight is 214 g/mol. The first kappa shape index (κ1) is 10.6. The molecule has 0 saturated carbocycles. The first-order valence-electron chi connectivity index (χ1n) is 5.26. The van der Waals surface area contributed by atoms with Crippen LogP contribution in [0.1, 0.15) is 5.56 Å². The Morgan fingerprint density at radius 2 is 2.00 bits per heavy atom. The lowest BCUT2D eigenvalue weighted by atomic mass is 10.1. The van der Waals surface area contributed by atoms with E-state index in [2.05, 4.69) is 4.98 Å². The molecule has 2 aromatic rings. The van der Waals surface area contributed by atoms with Crippen LogP contribution in [0.4, 0.5) is 0 Å². The summed E-state index contributed by atoms with van der Waals surface area (Å²) in [5.74, 6) is 1.59. The summed E-state index contributed by atoms with van der Waals surface area (Å²) in [6.45, 7) is 0.618. The van der Waals surface area contributed by atoms with Crippen LogP contribution in [-0.2, 0) is 6.42 Å². The van der Waals surface area contributed by atoms with E-state index in [1.54, 1.807) is 12.4 Å². The van der Waals surface area contributed by atoms with Crippen molar-refractivity contribution < 1.29 is 4.74 Å². The van der Waals surface area contributed by atoms with Crippen LogP contribution in [-0.4, -0.2) is 11.5 Å². The van der Waals surface area contributed by atoms with Gasteiger partial charge in [0.2, 0.25) is 0 Å². The first-order chi connectivity index (χ1) is 7.90. The second-order valence-electron chi connectivity index (χ2n) is 3.44. The van der Waals surface area contributed by atoms with E-state index in [1.807, 2.05) is 36.4 Å². The van der Waals surface area contributed by atoms with Crippen molar-refractivity contribution in [3.63, 3.8) is 0 Å². The molecule has 0 amide bonds. The summed E-state index contributed by atoms with van der Waals surface area (Å²) in [4.78, 5) is 4.01. The largest absolute Gasteiger partial charge is 0.455 e. The second-order valence-corrected chi connectivity index (χ2v) is 3.44. The monoisotopic (exact) mass is 214 g/mol. The molecule has 1 aromatic heterocycles. The third-order valence-electron chi connectivity index (χ3n) is 2.25. The van der Waals surface area contributed by atoms with E-state index in [0.29, 0.717) is 6.54 Å². The first-order valence-corrected chi connectivity index (χ1v) is 5.26. The Bertz CT molecular complexity index is 443. The standard InChI is InChI=1S/C13H14N2O/c14-8-7-11-4-1-2-6-13(11)16-12-5-3-9-15-10-12/h1-6,9-10H,7-8,14H2. The number of ether oxygens (including phenoxy) is 1. The quantitative estimate of drug-likeness (QED) is 0.850. The van der Waals surface area contributed by atoms with Gasteiger partial charge in [-0.25, -0.2) is 0 Å². The van der Waals surface area contributed by atoms with E-state index in [-0.39, 0.29) is 0 Å². The lowest BCUT2D eigenvalue weighted by Gasteiger charge is -2.09. The number of pyridine rings is 1. The van der Waals surface area contributed by atoms with Gasteiger partial charge in [0, 0.05) is 6.20 Å². The maximum atomic E-state index is 5.74. The van der Waals surface area contributed by atoms with E-state index in [1.165, 1.54) is 0 Å². The number of nitrogens with zero attached hydrogens (tertiary/aromatic N) is 1. The summed E-state index contributed by atoms with van der Waals surface area (Å²) >= 11 is 0. The topological polar surface area (TPSA) is 48.1 Å². The van der Waals surface area contributed by atoms with Gasteiger partial charge in [0.05, 0.1) is 6.20 Å². The highest BCUT2D eigenvalue weighted by atomic mass is 16.5. The highest BCUT2D eigenvalue weighted by Crippen LogP contribution is 2.24. The van der Waals surface area contributed by atoms with Crippen molar-refractivity contribution in [1.82, 2.24) is 4.98 Å². The number of hydrogen-bond acceptors (Lipinski definition) is 3. The molecule has 2 N–H and O–H groups in total. The van der Waals surface area contributed by atoms with E-state index in [9.17, 15) is 0 Å². The molecule has 0 radical (unpaired) electrons. The van der Waals surface area contributed by atoms with Gasteiger partial charge in [-0.15, -0.1) is 0 Å². The van der Waals surface area contributed by atoms with Crippen molar-refractivity contribution in [3.05, 3.63) is 54.4 Å². The molecule has 0 bridgehead atoms. The van der Waals surface area contributed by atoms with Crippen molar-refractivity contribution in [2.45, 2.75) is 6.42 Å². The predicted octanol–water partition coefficient (Wildman–Crippen LogP) is 2.38. The van der Waals surface area contributed by atoms with E-state index in [4.69, 9.17) is 10.5 Å². The van der Waals surface area contributed by atoms with Crippen LogP contribution in [0.3, 0.4) is 0 Å². The van der Waals surface area contributed by atoms with Crippen molar-refractivity contribution in [1.29, 1.82) is 0 Å². The molecule has 0 fully saturated rings. The molecular formula is C13H14N2O. The Labute approximate surface area is 94.9 Å². The highest BCUT2D eigenvalue weighted by molar-refractivity contribution is 5.37. The van der Waals surface area contributed by atoms with Crippen LogP contribution in [0, 0.1) is 0 Å². The van der Waals surface area contributed by atoms with Crippen molar-refractivity contribution in [2.75, 3.05) is 6.54 Å². The SMILES string of the molecule is NCCc1ccccc1Oc1cccnc1. The Hall–Kier alpha value is -1.87. The fourth-order valence-corrected chi connectivity index (χ4v) is 1.50. The number of benzene rings is 1. The normalized spacial score (nSPS) is 10.1. The minimum atomic E-state index is 0.618. The summed E-state index contributed by atoms with van der Waals surface area (Å²) in [6, 6.07) is 11.6. The van der Waals surface area contributed by atoms with Crippen LogP contribution in [0.2, 0.25) is 0 Å². The zero-order valence-electron chi connectivity index (χ0n) is 8.97. The number of nitrogens with two attached hydrogens (primary N) is 1. The zero-order valence-corrected chi connectivity index (χ0v) is 8.97. The smallest absolute Gasteiger partial charge is 0.145 e.